The van der Waals surface area contributed by atoms with Crippen LogP contribution in [0, 0.1) is 5.92 Å². The molecule has 0 aliphatic rings. The van der Waals surface area contributed by atoms with Crippen LogP contribution in [0.15, 0.2) is 22.7 Å². The van der Waals surface area contributed by atoms with Crippen LogP contribution in [0.4, 0.5) is 5.69 Å². The maximum Gasteiger partial charge on any atom is 0.0371 e. The molecule has 16 heavy (non-hydrogen) atoms. The van der Waals surface area contributed by atoms with E-state index in [4.69, 9.17) is 5.73 Å². The molecular formula is C13H21BrN2. The van der Waals surface area contributed by atoms with Crippen molar-refractivity contribution in [2.24, 2.45) is 5.92 Å². The van der Waals surface area contributed by atoms with Gasteiger partial charge in [0, 0.05) is 28.8 Å². The normalized spacial score (nSPS) is 13.1. The number of hydrogen-bond donors (Lipinski definition) is 1. The van der Waals surface area contributed by atoms with Gasteiger partial charge in [0.15, 0.2) is 0 Å². The minimum Gasteiger partial charge on any atom is -0.398 e. The van der Waals surface area contributed by atoms with E-state index in [2.05, 4.69) is 41.7 Å². The van der Waals surface area contributed by atoms with Crippen LogP contribution in [0.5, 0.6) is 0 Å². The van der Waals surface area contributed by atoms with Gasteiger partial charge < -0.3 is 10.6 Å². The summed E-state index contributed by atoms with van der Waals surface area (Å²) in [6.45, 7) is 6.51. The van der Waals surface area contributed by atoms with Crippen molar-refractivity contribution in [3.05, 3.63) is 28.2 Å². The quantitative estimate of drug-likeness (QED) is 0.839. The van der Waals surface area contributed by atoms with Gasteiger partial charge in [0.05, 0.1) is 0 Å². The zero-order valence-corrected chi connectivity index (χ0v) is 11.9. The predicted molar refractivity (Wildman–Crippen MR) is 74.3 cm³/mol. The Morgan fingerprint density at radius 2 is 2.12 bits per heavy atom. The van der Waals surface area contributed by atoms with E-state index in [-0.39, 0.29) is 0 Å². The average Bonchev–Trinajstić information content (AvgIpc) is 2.23. The summed E-state index contributed by atoms with van der Waals surface area (Å²) < 4.78 is 1.10. The van der Waals surface area contributed by atoms with Crippen LogP contribution in [0.2, 0.25) is 0 Å². The first kappa shape index (κ1) is 13.5. The van der Waals surface area contributed by atoms with Gasteiger partial charge in [-0.1, -0.05) is 42.3 Å². The summed E-state index contributed by atoms with van der Waals surface area (Å²) in [7, 11) is 2.14. The van der Waals surface area contributed by atoms with E-state index in [1.54, 1.807) is 0 Å². The second-order valence-corrected chi connectivity index (χ2v) is 5.37. The predicted octanol–water partition coefficient (Wildman–Crippen LogP) is 3.51. The topological polar surface area (TPSA) is 29.3 Å². The van der Waals surface area contributed by atoms with Gasteiger partial charge in [0.1, 0.15) is 0 Å². The van der Waals surface area contributed by atoms with Crippen molar-refractivity contribution in [1.82, 2.24) is 4.90 Å². The highest BCUT2D eigenvalue weighted by Crippen LogP contribution is 2.24. The van der Waals surface area contributed by atoms with E-state index in [9.17, 15) is 0 Å². The Labute approximate surface area is 107 Å². The molecule has 0 spiro atoms. The molecule has 1 aromatic carbocycles. The fraction of sp³-hybridized carbons (Fsp3) is 0.538. The number of nitrogen functional groups attached to an aromatic ring is 1. The van der Waals surface area contributed by atoms with Crippen molar-refractivity contribution in [2.75, 3.05) is 19.3 Å². The zero-order valence-electron chi connectivity index (χ0n) is 10.3. The Kier molecular flexibility index (Phi) is 5.29. The number of anilines is 1. The smallest absolute Gasteiger partial charge is 0.0371 e. The second-order valence-electron chi connectivity index (χ2n) is 4.52. The maximum absolute atomic E-state index is 5.98. The van der Waals surface area contributed by atoms with Crippen LogP contribution in [0.1, 0.15) is 25.8 Å². The molecule has 0 saturated carbocycles. The molecule has 0 amide bonds. The van der Waals surface area contributed by atoms with Gasteiger partial charge in [-0.2, -0.15) is 0 Å². The first-order valence-electron chi connectivity index (χ1n) is 5.76. The van der Waals surface area contributed by atoms with E-state index in [1.807, 2.05) is 18.2 Å². The van der Waals surface area contributed by atoms with Crippen LogP contribution < -0.4 is 5.73 Å². The number of rotatable bonds is 5. The molecule has 1 atom stereocenters. The molecule has 0 aliphatic heterocycles. The van der Waals surface area contributed by atoms with Crippen molar-refractivity contribution in [1.29, 1.82) is 0 Å². The number of nitrogens with two attached hydrogens (primary N) is 1. The number of halogens is 1. The highest BCUT2D eigenvalue weighted by atomic mass is 79.9. The SMILES string of the molecule is CCC(C)CN(C)Cc1c(N)cccc1Br. The van der Waals surface area contributed by atoms with E-state index < -0.39 is 0 Å². The maximum atomic E-state index is 5.98. The third kappa shape index (κ3) is 3.80. The molecule has 0 aromatic heterocycles. The Balaban J connectivity index is 2.66. The van der Waals surface area contributed by atoms with Gasteiger partial charge in [-0.05, 0) is 25.1 Å². The van der Waals surface area contributed by atoms with Crippen molar-refractivity contribution < 1.29 is 0 Å². The molecule has 0 fully saturated rings. The second kappa shape index (κ2) is 6.26. The summed E-state index contributed by atoms with van der Waals surface area (Å²) in [5.41, 5.74) is 8.03. The summed E-state index contributed by atoms with van der Waals surface area (Å²) in [4.78, 5) is 2.32. The fourth-order valence-corrected chi connectivity index (χ4v) is 2.24. The molecule has 1 rings (SSSR count). The van der Waals surface area contributed by atoms with Crippen LogP contribution in [-0.2, 0) is 6.54 Å². The molecule has 0 bridgehead atoms. The number of benzene rings is 1. The lowest BCUT2D eigenvalue weighted by atomic mass is 10.1. The summed E-state index contributed by atoms with van der Waals surface area (Å²) in [5.74, 6) is 0.730. The van der Waals surface area contributed by atoms with Gasteiger partial charge >= 0.3 is 0 Å². The highest BCUT2D eigenvalue weighted by molar-refractivity contribution is 9.10. The first-order chi connectivity index (χ1) is 7.54. The third-order valence-electron chi connectivity index (χ3n) is 2.90. The fourth-order valence-electron chi connectivity index (χ4n) is 1.74. The lowest BCUT2D eigenvalue weighted by molar-refractivity contribution is 0.275. The van der Waals surface area contributed by atoms with Gasteiger partial charge in [-0.25, -0.2) is 0 Å². The largest absolute Gasteiger partial charge is 0.398 e. The van der Waals surface area contributed by atoms with E-state index >= 15 is 0 Å². The van der Waals surface area contributed by atoms with Crippen LogP contribution in [-0.4, -0.2) is 18.5 Å². The molecule has 2 nitrogen and oxygen atoms in total. The lowest BCUT2D eigenvalue weighted by Crippen LogP contribution is -2.24. The lowest BCUT2D eigenvalue weighted by Gasteiger charge is -2.21. The van der Waals surface area contributed by atoms with Crippen molar-refractivity contribution in [2.45, 2.75) is 26.8 Å². The summed E-state index contributed by atoms with van der Waals surface area (Å²) in [6, 6.07) is 5.97. The van der Waals surface area contributed by atoms with Crippen molar-refractivity contribution >= 4 is 21.6 Å². The molecular weight excluding hydrogens is 264 g/mol. The monoisotopic (exact) mass is 284 g/mol. The minimum atomic E-state index is 0.730. The van der Waals surface area contributed by atoms with Gasteiger partial charge in [-0.15, -0.1) is 0 Å². The van der Waals surface area contributed by atoms with E-state index in [0.717, 1.165) is 29.2 Å². The molecule has 0 heterocycles. The van der Waals surface area contributed by atoms with Crippen molar-refractivity contribution in [3.63, 3.8) is 0 Å². The van der Waals surface area contributed by atoms with E-state index in [0.29, 0.717) is 0 Å². The molecule has 3 heteroatoms. The number of hydrogen-bond acceptors (Lipinski definition) is 2. The highest BCUT2D eigenvalue weighted by Gasteiger charge is 2.09. The van der Waals surface area contributed by atoms with Crippen molar-refractivity contribution in [3.8, 4) is 0 Å². The standard InChI is InChI=1S/C13H21BrN2/c1-4-10(2)8-16(3)9-11-12(14)6-5-7-13(11)15/h5-7,10H,4,8-9,15H2,1-3H3. The Hall–Kier alpha value is -0.540. The average molecular weight is 285 g/mol. The van der Waals surface area contributed by atoms with Gasteiger partial charge in [-0.3, -0.25) is 0 Å². The molecule has 0 saturated heterocycles. The van der Waals surface area contributed by atoms with Crippen LogP contribution in [0.3, 0.4) is 0 Å². The Morgan fingerprint density at radius 3 is 2.69 bits per heavy atom. The summed E-state index contributed by atoms with van der Waals surface area (Å²) in [5, 5.41) is 0. The molecule has 1 aromatic rings. The first-order valence-corrected chi connectivity index (χ1v) is 6.55. The molecule has 0 aliphatic carbocycles. The zero-order chi connectivity index (χ0) is 12.1. The number of nitrogens with zero attached hydrogens (tertiary/aromatic N) is 1. The van der Waals surface area contributed by atoms with Gasteiger partial charge in [0.2, 0.25) is 0 Å². The molecule has 1 unspecified atom stereocenters. The summed E-state index contributed by atoms with van der Waals surface area (Å²) >= 11 is 3.55. The molecule has 90 valence electrons. The third-order valence-corrected chi connectivity index (χ3v) is 3.65. The molecule has 0 radical (unpaired) electrons. The summed E-state index contributed by atoms with van der Waals surface area (Å²) in [6.07, 6.45) is 1.22. The Morgan fingerprint density at radius 1 is 1.44 bits per heavy atom. The van der Waals surface area contributed by atoms with Crippen LogP contribution >= 0.6 is 15.9 Å². The minimum absolute atomic E-state index is 0.730. The molecule has 2 N–H and O–H groups in total. The van der Waals surface area contributed by atoms with Crippen LogP contribution in [0.25, 0.3) is 0 Å². The van der Waals surface area contributed by atoms with E-state index in [1.165, 1.54) is 12.0 Å². The van der Waals surface area contributed by atoms with Gasteiger partial charge in [0.25, 0.3) is 0 Å². The Bertz CT molecular complexity index is 318.